The standard InChI is InChI=1S/C15H19ClN2.ClH/c16-12-6-1-2-7-13(12)18-14-15(8-3-4-9-15)10-5-11-17-14;/h1-2,6-7H,3-5,8-11H2,(H,17,18);1H. The van der Waals surface area contributed by atoms with Crippen molar-refractivity contribution < 1.29 is 0 Å². The summed E-state index contributed by atoms with van der Waals surface area (Å²) in [6.07, 6.45) is 7.75. The zero-order valence-electron chi connectivity index (χ0n) is 11.0. The van der Waals surface area contributed by atoms with E-state index in [2.05, 4.69) is 5.32 Å². The summed E-state index contributed by atoms with van der Waals surface area (Å²) in [5.41, 5.74) is 1.31. The Bertz CT molecular complexity index is 465. The predicted molar refractivity (Wildman–Crippen MR) is 84.8 cm³/mol. The number of benzene rings is 1. The highest BCUT2D eigenvalue weighted by Gasteiger charge is 2.40. The summed E-state index contributed by atoms with van der Waals surface area (Å²) in [6.45, 7) is 0.953. The Labute approximate surface area is 126 Å². The molecule has 1 spiro atoms. The van der Waals surface area contributed by atoms with Gasteiger partial charge in [-0.25, -0.2) is 0 Å². The first-order valence-electron chi connectivity index (χ1n) is 6.87. The third-order valence-corrected chi connectivity index (χ3v) is 4.60. The maximum absolute atomic E-state index is 6.22. The molecule has 4 heteroatoms. The van der Waals surface area contributed by atoms with Crippen molar-refractivity contribution in [2.75, 3.05) is 11.9 Å². The second-order valence-corrected chi connectivity index (χ2v) is 5.83. The minimum absolute atomic E-state index is 0. The summed E-state index contributed by atoms with van der Waals surface area (Å²) in [6, 6.07) is 7.93. The van der Waals surface area contributed by atoms with Crippen molar-refractivity contribution in [1.82, 2.24) is 0 Å². The Hall–Kier alpha value is -0.730. The van der Waals surface area contributed by atoms with E-state index in [1.54, 1.807) is 0 Å². The molecule has 0 radical (unpaired) electrons. The molecule has 1 aliphatic heterocycles. The van der Waals surface area contributed by atoms with Crippen molar-refractivity contribution in [1.29, 1.82) is 0 Å². The fraction of sp³-hybridized carbons (Fsp3) is 0.533. The number of aliphatic imine (C=N–C) groups is 1. The lowest BCUT2D eigenvalue weighted by molar-refractivity contribution is 0.371. The van der Waals surface area contributed by atoms with Crippen molar-refractivity contribution in [2.45, 2.75) is 38.5 Å². The topological polar surface area (TPSA) is 24.4 Å². The second-order valence-electron chi connectivity index (χ2n) is 5.43. The molecule has 3 rings (SSSR count). The summed E-state index contributed by atoms with van der Waals surface area (Å²) in [5.74, 6) is 1.18. The summed E-state index contributed by atoms with van der Waals surface area (Å²) < 4.78 is 0. The summed E-state index contributed by atoms with van der Waals surface area (Å²) in [4.78, 5) is 4.75. The van der Waals surface area contributed by atoms with Crippen molar-refractivity contribution >= 4 is 35.5 Å². The molecular formula is C15H20Cl2N2. The van der Waals surface area contributed by atoms with Crippen molar-refractivity contribution in [3.8, 4) is 0 Å². The zero-order valence-corrected chi connectivity index (χ0v) is 12.6. The van der Waals surface area contributed by atoms with Crippen LogP contribution in [0, 0.1) is 5.41 Å². The van der Waals surface area contributed by atoms with Crippen LogP contribution in [-0.2, 0) is 0 Å². The molecule has 1 aromatic rings. The molecule has 104 valence electrons. The van der Waals surface area contributed by atoms with E-state index < -0.39 is 0 Å². The van der Waals surface area contributed by atoms with Gasteiger partial charge in [0.2, 0.25) is 0 Å². The zero-order chi connectivity index (χ0) is 12.4. The van der Waals surface area contributed by atoms with E-state index in [1.165, 1.54) is 44.4 Å². The molecule has 0 saturated heterocycles. The lowest BCUT2D eigenvalue weighted by atomic mass is 9.78. The Morgan fingerprint density at radius 3 is 2.47 bits per heavy atom. The SMILES string of the molecule is Cl.Clc1ccccc1NC1=NCCCC12CCCC2. The molecule has 2 aliphatic rings. The molecule has 2 nitrogen and oxygen atoms in total. The van der Waals surface area contributed by atoms with Crippen LogP contribution in [0.3, 0.4) is 0 Å². The van der Waals surface area contributed by atoms with Crippen LogP contribution in [0.4, 0.5) is 5.69 Å². The van der Waals surface area contributed by atoms with E-state index in [0.29, 0.717) is 5.41 Å². The quantitative estimate of drug-likeness (QED) is 0.781. The Morgan fingerprint density at radius 2 is 1.74 bits per heavy atom. The van der Waals surface area contributed by atoms with Crippen LogP contribution in [0.15, 0.2) is 29.3 Å². The number of rotatable bonds is 1. The van der Waals surface area contributed by atoms with Crippen molar-refractivity contribution in [3.63, 3.8) is 0 Å². The predicted octanol–water partition coefficient (Wildman–Crippen LogP) is 4.93. The molecular weight excluding hydrogens is 279 g/mol. The van der Waals surface area contributed by atoms with Gasteiger partial charge in [-0.2, -0.15) is 0 Å². The highest BCUT2D eigenvalue weighted by atomic mass is 35.5. The average molecular weight is 299 g/mol. The van der Waals surface area contributed by atoms with Gasteiger partial charge in [0.05, 0.1) is 10.7 Å². The van der Waals surface area contributed by atoms with E-state index in [4.69, 9.17) is 16.6 Å². The van der Waals surface area contributed by atoms with E-state index >= 15 is 0 Å². The molecule has 1 heterocycles. The molecule has 0 bridgehead atoms. The number of anilines is 1. The molecule has 1 fully saturated rings. The van der Waals surface area contributed by atoms with Gasteiger partial charge in [0.15, 0.2) is 0 Å². The first-order chi connectivity index (χ1) is 8.80. The second kappa shape index (κ2) is 6.15. The van der Waals surface area contributed by atoms with Gasteiger partial charge in [-0.1, -0.05) is 36.6 Å². The van der Waals surface area contributed by atoms with Gasteiger partial charge in [0.1, 0.15) is 5.84 Å². The minimum atomic E-state index is 0. The number of hydrogen-bond acceptors (Lipinski definition) is 2. The van der Waals surface area contributed by atoms with Crippen molar-refractivity contribution in [2.24, 2.45) is 10.4 Å². The van der Waals surface area contributed by atoms with Crippen LogP contribution >= 0.6 is 24.0 Å². The van der Waals surface area contributed by atoms with E-state index in [0.717, 1.165) is 17.3 Å². The normalized spacial score (nSPS) is 20.8. The van der Waals surface area contributed by atoms with Gasteiger partial charge >= 0.3 is 0 Å². The number of nitrogens with one attached hydrogen (secondary N) is 1. The fourth-order valence-corrected chi connectivity index (χ4v) is 3.48. The average Bonchev–Trinajstić information content (AvgIpc) is 2.84. The summed E-state index contributed by atoms with van der Waals surface area (Å²) in [5, 5.41) is 4.28. The number of halogens is 2. The van der Waals surface area contributed by atoms with E-state index in [9.17, 15) is 0 Å². The third kappa shape index (κ3) is 2.90. The Kier molecular flexibility index (Phi) is 4.75. The summed E-state index contributed by atoms with van der Waals surface area (Å²) >= 11 is 6.22. The lowest BCUT2D eigenvalue weighted by Crippen LogP contribution is -2.37. The number of para-hydroxylation sites is 1. The monoisotopic (exact) mass is 298 g/mol. The molecule has 0 atom stereocenters. The number of nitrogens with zero attached hydrogens (tertiary/aromatic N) is 1. The molecule has 1 N–H and O–H groups in total. The molecule has 0 unspecified atom stereocenters. The minimum Gasteiger partial charge on any atom is -0.342 e. The first-order valence-corrected chi connectivity index (χ1v) is 7.24. The molecule has 0 amide bonds. The van der Waals surface area contributed by atoms with Gasteiger partial charge in [-0.05, 0) is 37.8 Å². The fourth-order valence-electron chi connectivity index (χ4n) is 3.30. The van der Waals surface area contributed by atoms with Crippen LogP contribution in [0.25, 0.3) is 0 Å². The van der Waals surface area contributed by atoms with Crippen LogP contribution < -0.4 is 5.32 Å². The number of hydrogen-bond donors (Lipinski definition) is 1. The van der Waals surface area contributed by atoms with Crippen LogP contribution in [0.5, 0.6) is 0 Å². The Morgan fingerprint density at radius 1 is 1.05 bits per heavy atom. The largest absolute Gasteiger partial charge is 0.342 e. The van der Waals surface area contributed by atoms with Gasteiger partial charge < -0.3 is 5.32 Å². The highest BCUT2D eigenvalue weighted by Crippen LogP contribution is 2.45. The Balaban J connectivity index is 0.00000133. The van der Waals surface area contributed by atoms with Gasteiger partial charge in [0, 0.05) is 12.0 Å². The van der Waals surface area contributed by atoms with Gasteiger partial charge in [0.25, 0.3) is 0 Å². The smallest absolute Gasteiger partial charge is 0.107 e. The van der Waals surface area contributed by atoms with Gasteiger partial charge in [-0.15, -0.1) is 12.4 Å². The van der Waals surface area contributed by atoms with E-state index in [1.807, 2.05) is 24.3 Å². The summed E-state index contributed by atoms with van der Waals surface area (Å²) in [7, 11) is 0. The van der Waals surface area contributed by atoms with E-state index in [-0.39, 0.29) is 12.4 Å². The lowest BCUT2D eigenvalue weighted by Gasteiger charge is -2.34. The maximum Gasteiger partial charge on any atom is 0.107 e. The first kappa shape index (κ1) is 14.7. The number of amidine groups is 1. The molecule has 1 aliphatic carbocycles. The van der Waals surface area contributed by atoms with Crippen LogP contribution in [-0.4, -0.2) is 12.4 Å². The highest BCUT2D eigenvalue weighted by molar-refractivity contribution is 6.33. The maximum atomic E-state index is 6.22. The van der Waals surface area contributed by atoms with Gasteiger partial charge in [-0.3, -0.25) is 4.99 Å². The molecule has 1 aromatic carbocycles. The molecule has 1 saturated carbocycles. The van der Waals surface area contributed by atoms with Crippen LogP contribution in [0.2, 0.25) is 5.02 Å². The molecule has 0 aromatic heterocycles. The van der Waals surface area contributed by atoms with Crippen LogP contribution in [0.1, 0.15) is 38.5 Å². The van der Waals surface area contributed by atoms with Crippen molar-refractivity contribution in [3.05, 3.63) is 29.3 Å². The molecule has 19 heavy (non-hydrogen) atoms. The third-order valence-electron chi connectivity index (χ3n) is 4.27.